The lowest BCUT2D eigenvalue weighted by atomic mass is 10.1. The van der Waals surface area contributed by atoms with Crippen molar-refractivity contribution in [1.29, 1.82) is 0 Å². The third kappa shape index (κ3) is 4.39. The number of rotatable bonds is 5. The van der Waals surface area contributed by atoms with Crippen LogP contribution in [0.2, 0.25) is 5.02 Å². The number of aromatic nitrogens is 1. The van der Waals surface area contributed by atoms with Crippen molar-refractivity contribution in [1.82, 2.24) is 9.99 Å². The van der Waals surface area contributed by atoms with E-state index in [4.69, 9.17) is 11.6 Å². The van der Waals surface area contributed by atoms with Gasteiger partial charge in [-0.15, -0.1) is 0 Å². The van der Waals surface area contributed by atoms with Gasteiger partial charge >= 0.3 is 0 Å². The van der Waals surface area contributed by atoms with E-state index in [0.717, 1.165) is 39.2 Å². The van der Waals surface area contributed by atoms with Crippen molar-refractivity contribution in [2.24, 2.45) is 5.10 Å². The Hall–Kier alpha value is -3.37. The van der Waals surface area contributed by atoms with Gasteiger partial charge in [0.05, 0.1) is 6.21 Å². The smallest absolute Gasteiger partial charge is 0.271 e. The Balaban J connectivity index is 1.56. The molecule has 0 spiro atoms. The number of carbonyl (C=O) groups is 1. The Morgan fingerprint density at radius 3 is 2.66 bits per heavy atom. The Kier molecular flexibility index (Phi) is 5.45. The van der Waals surface area contributed by atoms with Gasteiger partial charge in [0.1, 0.15) is 0 Å². The van der Waals surface area contributed by atoms with Crippen molar-refractivity contribution in [2.75, 3.05) is 0 Å². The molecule has 0 bridgehead atoms. The maximum atomic E-state index is 12.3. The molecule has 3 aromatic carbocycles. The highest BCUT2D eigenvalue weighted by molar-refractivity contribution is 6.30. The van der Waals surface area contributed by atoms with Crippen LogP contribution in [0.4, 0.5) is 0 Å². The molecule has 0 aliphatic carbocycles. The number of benzene rings is 3. The fourth-order valence-corrected chi connectivity index (χ4v) is 3.43. The van der Waals surface area contributed by atoms with Crippen molar-refractivity contribution in [3.63, 3.8) is 0 Å². The van der Waals surface area contributed by atoms with Gasteiger partial charge in [0, 0.05) is 39.8 Å². The molecular formula is C24H20ClN3O. The minimum Gasteiger partial charge on any atom is -0.342 e. The Bertz CT molecular complexity index is 1190. The summed E-state index contributed by atoms with van der Waals surface area (Å²) in [6.07, 6.45) is 3.73. The first-order chi connectivity index (χ1) is 14.1. The number of hydrazone groups is 1. The summed E-state index contributed by atoms with van der Waals surface area (Å²) in [4.78, 5) is 12.3. The number of fused-ring (bicyclic) bond motifs is 1. The van der Waals surface area contributed by atoms with Crippen LogP contribution in [-0.4, -0.2) is 16.7 Å². The lowest BCUT2D eigenvalue weighted by molar-refractivity contribution is 0.0955. The zero-order valence-corrected chi connectivity index (χ0v) is 16.7. The third-order valence-electron chi connectivity index (χ3n) is 4.74. The largest absolute Gasteiger partial charge is 0.342 e. The molecule has 5 heteroatoms. The second-order valence-corrected chi connectivity index (χ2v) is 7.36. The summed E-state index contributed by atoms with van der Waals surface area (Å²) in [5.41, 5.74) is 7.44. The molecule has 0 saturated heterocycles. The molecular weight excluding hydrogens is 382 g/mol. The molecule has 1 N–H and O–H groups in total. The van der Waals surface area contributed by atoms with Gasteiger partial charge in [-0.2, -0.15) is 5.10 Å². The van der Waals surface area contributed by atoms with E-state index >= 15 is 0 Å². The van der Waals surface area contributed by atoms with Gasteiger partial charge in [0.25, 0.3) is 5.91 Å². The van der Waals surface area contributed by atoms with E-state index in [2.05, 4.69) is 27.2 Å². The topological polar surface area (TPSA) is 46.4 Å². The van der Waals surface area contributed by atoms with E-state index in [1.165, 1.54) is 0 Å². The van der Waals surface area contributed by atoms with E-state index in [0.29, 0.717) is 5.56 Å². The van der Waals surface area contributed by atoms with Crippen LogP contribution in [0.25, 0.3) is 10.9 Å². The molecule has 29 heavy (non-hydrogen) atoms. The molecule has 0 aliphatic rings. The summed E-state index contributed by atoms with van der Waals surface area (Å²) < 4.78 is 2.17. The molecule has 4 nitrogen and oxygen atoms in total. The number of nitrogens with one attached hydrogen (secondary N) is 1. The zero-order valence-electron chi connectivity index (χ0n) is 16.0. The van der Waals surface area contributed by atoms with E-state index in [1.807, 2.05) is 67.7 Å². The molecule has 1 heterocycles. The van der Waals surface area contributed by atoms with E-state index in [1.54, 1.807) is 12.3 Å². The van der Waals surface area contributed by atoms with Crippen LogP contribution in [-0.2, 0) is 6.54 Å². The van der Waals surface area contributed by atoms with Gasteiger partial charge in [-0.1, -0.05) is 59.6 Å². The van der Waals surface area contributed by atoms with Crippen molar-refractivity contribution in [2.45, 2.75) is 13.5 Å². The average molecular weight is 402 g/mol. The van der Waals surface area contributed by atoms with E-state index in [9.17, 15) is 4.79 Å². The molecule has 1 amide bonds. The second kappa shape index (κ2) is 8.33. The molecule has 0 saturated carbocycles. The summed E-state index contributed by atoms with van der Waals surface area (Å²) in [6.45, 7) is 2.68. The molecule has 0 unspecified atom stereocenters. The Morgan fingerprint density at radius 1 is 1.07 bits per heavy atom. The molecule has 144 valence electrons. The first kappa shape index (κ1) is 19.0. The van der Waals surface area contributed by atoms with Crippen LogP contribution >= 0.6 is 11.6 Å². The minimum atomic E-state index is -0.227. The maximum Gasteiger partial charge on any atom is 0.271 e. The minimum absolute atomic E-state index is 0.227. The second-order valence-electron chi connectivity index (χ2n) is 6.92. The highest BCUT2D eigenvalue weighted by Gasteiger charge is 2.08. The van der Waals surface area contributed by atoms with E-state index in [-0.39, 0.29) is 5.91 Å². The van der Waals surface area contributed by atoms with Crippen molar-refractivity contribution < 1.29 is 4.79 Å². The van der Waals surface area contributed by atoms with Crippen molar-refractivity contribution in [3.8, 4) is 0 Å². The number of hydrogen-bond acceptors (Lipinski definition) is 2. The first-order valence-electron chi connectivity index (χ1n) is 9.32. The highest BCUT2D eigenvalue weighted by Crippen LogP contribution is 2.21. The Morgan fingerprint density at radius 2 is 1.86 bits per heavy atom. The van der Waals surface area contributed by atoms with Gasteiger partial charge < -0.3 is 4.57 Å². The number of amides is 1. The standard InChI is InChI=1S/C24H20ClN3O/c1-17-5-4-6-19(13-17)24(29)27-26-14-20-16-28(23-8-3-2-7-22(20)23)15-18-9-11-21(25)12-10-18/h2-14,16H,15H2,1H3,(H,27,29)/b26-14-. The van der Waals surface area contributed by atoms with Crippen LogP contribution in [0.3, 0.4) is 0 Å². The normalized spacial score (nSPS) is 11.2. The summed E-state index contributed by atoms with van der Waals surface area (Å²) in [7, 11) is 0. The van der Waals surface area contributed by atoms with Crippen molar-refractivity contribution in [3.05, 3.63) is 106 Å². The monoisotopic (exact) mass is 401 g/mol. The van der Waals surface area contributed by atoms with Crippen LogP contribution in [0.1, 0.15) is 27.0 Å². The molecule has 1 aromatic heterocycles. The quantitative estimate of drug-likeness (QED) is 0.352. The summed E-state index contributed by atoms with van der Waals surface area (Å²) in [5, 5.41) is 5.98. The lowest BCUT2D eigenvalue weighted by Crippen LogP contribution is -2.17. The molecule has 0 fully saturated rings. The average Bonchev–Trinajstić information content (AvgIpc) is 3.07. The predicted molar refractivity (Wildman–Crippen MR) is 119 cm³/mol. The first-order valence-corrected chi connectivity index (χ1v) is 9.70. The number of hydrogen-bond donors (Lipinski definition) is 1. The summed E-state index contributed by atoms with van der Waals surface area (Å²) >= 11 is 5.99. The van der Waals surface area contributed by atoms with Crippen LogP contribution in [0, 0.1) is 6.92 Å². The molecule has 0 atom stereocenters. The Labute approximate surface area is 174 Å². The third-order valence-corrected chi connectivity index (χ3v) is 4.99. The highest BCUT2D eigenvalue weighted by atomic mass is 35.5. The summed E-state index contributed by atoms with van der Waals surface area (Å²) in [5.74, 6) is -0.227. The SMILES string of the molecule is Cc1cccc(C(=O)N/N=C\c2cn(Cc3ccc(Cl)cc3)c3ccccc23)c1. The fourth-order valence-electron chi connectivity index (χ4n) is 3.31. The molecule has 0 aliphatic heterocycles. The predicted octanol–water partition coefficient (Wildman–Crippen LogP) is 5.42. The molecule has 4 aromatic rings. The van der Waals surface area contributed by atoms with Crippen LogP contribution in [0.15, 0.2) is 84.1 Å². The summed E-state index contributed by atoms with van der Waals surface area (Å²) in [6, 6.07) is 23.4. The number of carbonyl (C=O) groups excluding carboxylic acids is 1. The molecule has 4 rings (SSSR count). The van der Waals surface area contributed by atoms with Crippen LogP contribution in [0.5, 0.6) is 0 Å². The van der Waals surface area contributed by atoms with Gasteiger partial charge in [-0.3, -0.25) is 4.79 Å². The van der Waals surface area contributed by atoms with Crippen LogP contribution < -0.4 is 5.43 Å². The fraction of sp³-hybridized carbons (Fsp3) is 0.0833. The van der Waals surface area contributed by atoms with Gasteiger partial charge in [-0.25, -0.2) is 5.43 Å². The maximum absolute atomic E-state index is 12.3. The van der Waals surface area contributed by atoms with Crippen molar-refractivity contribution >= 4 is 34.6 Å². The number of nitrogens with zero attached hydrogens (tertiary/aromatic N) is 2. The molecule has 0 radical (unpaired) electrons. The number of para-hydroxylation sites is 1. The van der Waals surface area contributed by atoms with E-state index < -0.39 is 0 Å². The van der Waals surface area contributed by atoms with Gasteiger partial charge in [0.2, 0.25) is 0 Å². The van der Waals surface area contributed by atoms with Gasteiger partial charge in [0.15, 0.2) is 0 Å². The number of aryl methyl sites for hydroxylation is 1. The van der Waals surface area contributed by atoms with Gasteiger partial charge in [-0.05, 0) is 42.8 Å². The lowest BCUT2D eigenvalue weighted by Gasteiger charge is -2.05. The zero-order chi connectivity index (χ0) is 20.2. The number of halogens is 1.